The molecule has 6 nitrogen and oxygen atoms in total. The Kier molecular flexibility index (Phi) is 5.60. The third-order valence-electron chi connectivity index (χ3n) is 1.67. The number of nitrogens with one attached hydrogen (secondary N) is 1. The minimum atomic E-state index is -1.16. The molecular formula is C12H23NO5. The summed E-state index contributed by atoms with van der Waals surface area (Å²) >= 11 is 0. The van der Waals surface area contributed by atoms with Gasteiger partial charge in [-0.15, -0.1) is 0 Å². The predicted octanol–water partition coefficient (Wildman–Crippen LogP) is 1.78. The zero-order valence-corrected chi connectivity index (χ0v) is 11.9. The van der Waals surface area contributed by atoms with Crippen LogP contribution in [0.25, 0.3) is 0 Å². The highest BCUT2D eigenvalue weighted by Gasteiger charge is 2.25. The number of hydrogen-bond donors (Lipinski definition) is 2. The molecule has 0 fully saturated rings. The van der Waals surface area contributed by atoms with Crippen molar-refractivity contribution in [2.24, 2.45) is 0 Å². The fourth-order valence-electron chi connectivity index (χ4n) is 0.958. The van der Waals surface area contributed by atoms with Crippen LogP contribution in [0.4, 0.5) is 4.79 Å². The molecule has 0 aliphatic heterocycles. The van der Waals surface area contributed by atoms with Gasteiger partial charge in [0.1, 0.15) is 5.60 Å². The van der Waals surface area contributed by atoms with Crippen LogP contribution in [0.15, 0.2) is 0 Å². The van der Waals surface area contributed by atoms with Gasteiger partial charge in [0.25, 0.3) is 0 Å². The van der Waals surface area contributed by atoms with E-state index in [4.69, 9.17) is 14.6 Å². The van der Waals surface area contributed by atoms with Crippen molar-refractivity contribution in [2.45, 2.75) is 58.8 Å². The maximum absolute atomic E-state index is 11.4. The van der Waals surface area contributed by atoms with Crippen LogP contribution in [0.3, 0.4) is 0 Å². The lowest BCUT2D eigenvalue weighted by molar-refractivity contribution is -0.142. The molecule has 0 radical (unpaired) electrons. The molecule has 106 valence electrons. The summed E-state index contributed by atoms with van der Waals surface area (Å²) in [6, 6.07) is -1.13. The van der Waals surface area contributed by atoms with Crippen LogP contribution in [0.2, 0.25) is 0 Å². The van der Waals surface area contributed by atoms with E-state index in [2.05, 4.69) is 5.32 Å². The van der Waals surface area contributed by atoms with E-state index in [9.17, 15) is 9.59 Å². The molecule has 0 rings (SSSR count). The molecule has 0 aliphatic carbocycles. The van der Waals surface area contributed by atoms with E-state index in [0.717, 1.165) is 0 Å². The first kappa shape index (κ1) is 16.7. The molecule has 0 aromatic heterocycles. The van der Waals surface area contributed by atoms with Crippen LogP contribution < -0.4 is 5.32 Å². The Balaban J connectivity index is 4.37. The molecule has 0 aliphatic rings. The van der Waals surface area contributed by atoms with E-state index in [1.54, 1.807) is 41.5 Å². The molecule has 0 aromatic carbocycles. The molecule has 0 saturated heterocycles. The average molecular weight is 261 g/mol. The summed E-state index contributed by atoms with van der Waals surface area (Å²) in [6.45, 7) is 10.4. The lowest BCUT2D eigenvalue weighted by Gasteiger charge is -2.25. The topological polar surface area (TPSA) is 84.9 Å². The number of rotatable bonds is 4. The summed E-state index contributed by atoms with van der Waals surface area (Å²) < 4.78 is 10.3. The van der Waals surface area contributed by atoms with Crippen molar-refractivity contribution < 1.29 is 24.2 Å². The molecule has 6 heteroatoms. The zero-order valence-electron chi connectivity index (χ0n) is 11.9. The lowest BCUT2D eigenvalue weighted by atomic mass is 10.2. The van der Waals surface area contributed by atoms with E-state index in [1.807, 2.05) is 0 Å². The van der Waals surface area contributed by atoms with Crippen molar-refractivity contribution in [3.63, 3.8) is 0 Å². The molecule has 0 heterocycles. The van der Waals surface area contributed by atoms with Gasteiger partial charge in [0, 0.05) is 0 Å². The van der Waals surface area contributed by atoms with E-state index in [-0.39, 0.29) is 6.61 Å². The lowest BCUT2D eigenvalue weighted by Crippen LogP contribution is -2.47. The SMILES string of the molecule is CC(C)(C)OC[C@@H](NC(=O)OC(C)(C)C)C(=O)O. The van der Waals surface area contributed by atoms with Gasteiger partial charge in [0.05, 0.1) is 12.2 Å². The molecule has 2 N–H and O–H groups in total. The van der Waals surface area contributed by atoms with E-state index < -0.39 is 29.3 Å². The Hall–Kier alpha value is -1.30. The highest BCUT2D eigenvalue weighted by atomic mass is 16.6. The number of carbonyl (C=O) groups excluding carboxylic acids is 1. The van der Waals surface area contributed by atoms with Crippen molar-refractivity contribution in [1.29, 1.82) is 0 Å². The summed E-state index contributed by atoms with van der Waals surface area (Å²) in [5.74, 6) is -1.16. The smallest absolute Gasteiger partial charge is 0.408 e. The van der Waals surface area contributed by atoms with Gasteiger partial charge in [0.15, 0.2) is 6.04 Å². The van der Waals surface area contributed by atoms with Gasteiger partial charge in [-0.25, -0.2) is 9.59 Å². The highest BCUT2D eigenvalue weighted by molar-refractivity contribution is 5.80. The van der Waals surface area contributed by atoms with Gasteiger partial charge in [-0.05, 0) is 41.5 Å². The van der Waals surface area contributed by atoms with Gasteiger partial charge in [-0.3, -0.25) is 0 Å². The quantitative estimate of drug-likeness (QED) is 0.805. The van der Waals surface area contributed by atoms with Crippen LogP contribution in [0.1, 0.15) is 41.5 Å². The average Bonchev–Trinajstić information content (AvgIpc) is 2.06. The Labute approximate surface area is 108 Å². The predicted molar refractivity (Wildman–Crippen MR) is 66.5 cm³/mol. The standard InChI is InChI=1S/C12H23NO5/c1-11(2,3)17-7-8(9(14)15)13-10(16)18-12(4,5)6/h8H,7H2,1-6H3,(H,13,16)(H,14,15)/t8-/m1/s1. The van der Waals surface area contributed by atoms with Gasteiger partial charge in [0.2, 0.25) is 0 Å². The summed E-state index contributed by atoms with van der Waals surface area (Å²) in [4.78, 5) is 22.4. The fraction of sp³-hybridized carbons (Fsp3) is 0.833. The van der Waals surface area contributed by atoms with Crippen LogP contribution in [-0.4, -0.2) is 41.0 Å². The first-order chi connectivity index (χ1) is 7.91. The second-order valence-corrected chi connectivity index (χ2v) is 5.96. The minimum absolute atomic E-state index is 0.113. The number of carboxylic acids is 1. The number of alkyl carbamates (subject to hydrolysis) is 1. The van der Waals surface area contributed by atoms with Crippen molar-refractivity contribution in [2.75, 3.05) is 6.61 Å². The summed E-state index contributed by atoms with van der Waals surface area (Å²) in [5.41, 5.74) is -1.14. The minimum Gasteiger partial charge on any atom is -0.480 e. The molecule has 0 saturated carbocycles. The molecule has 1 atom stereocenters. The number of aliphatic carboxylic acids is 1. The summed E-state index contributed by atoms with van der Waals surface area (Å²) in [5, 5.41) is 11.2. The van der Waals surface area contributed by atoms with Crippen LogP contribution in [0.5, 0.6) is 0 Å². The van der Waals surface area contributed by atoms with Crippen molar-refractivity contribution in [1.82, 2.24) is 5.32 Å². The Morgan fingerprint density at radius 1 is 1.11 bits per heavy atom. The maximum Gasteiger partial charge on any atom is 0.408 e. The number of carbonyl (C=O) groups is 2. The number of ether oxygens (including phenoxy) is 2. The molecular weight excluding hydrogens is 238 g/mol. The fourth-order valence-corrected chi connectivity index (χ4v) is 0.958. The third-order valence-corrected chi connectivity index (χ3v) is 1.67. The van der Waals surface area contributed by atoms with Crippen molar-refractivity contribution in [3.8, 4) is 0 Å². The van der Waals surface area contributed by atoms with E-state index in [0.29, 0.717) is 0 Å². The molecule has 0 aromatic rings. The second-order valence-electron chi connectivity index (χ2n) is 5.96. The van der Waals surface area contributed by atoms with Crippen LogP contribution >= 0.6 is 0 Å². The Morgan fingerprint density at radius 2 is 1.61 bits per heavy atom. The van der Waals surface area contributed by atoms with Gasteiger partial charge >= 0.3 is 12.1 Å². The monoisotopic (exact) mass is 261 g/mol. The molecule has 18 heavy (non-hydrogen) atoms. The third kappa shape index (κ3) is 8.81. The first-order valence-corrected chi connectivity index (χ1v) is 5.77. The molecule has 0 bridgehead atoms. The van der Waals surface area contributed by atoms with Crippen molar-refractivity contribution in [3.05, 3.63) is 0 Å². The molecule has 0 unspecified atom stereocenters. The van der Waals surface area contributed by atoms with E-state index in [1.165, 1.54) is 0 Å². The number of carboxylic acid groups (broad SMARTS) is 1. The second kappa shape index (κ2) is 6.04. The van der Waals surface area contributed by atoms with Crippen LogP contribution in [-0.2, 0) is 14.3 Å². The maximum atomic E-state index is 11.4. The van der Waals surface area contributed by atoms with E-state index >= 15 is 0 Å². The van der Waals surface area contributed by atoms with Gasteiger partial charge < -0.3 is 19.9 Å². The summed E-state index contributed by atoms with van der Waals surface area (Å²) in [7, 11) is 0. The highest BCUT2D eigenvalue weighted by Crippen LogP contribution is 2.09. The first-order valence-electron chi connectivity index (χ1n) is 5.77. The zero-order chi connectivity index (χ0) is 14.6. The van der Waals surface area contributed by atoms with Crippen molar-refractivity contribution >= 4 is 12.1 Å². The van der Waals surface area contributed by atoms with Crippen LogP contribution in [0, 0.1) is 0 Å². The Bertz CT molecular complexity index is 301. The van der Waals surface area contributed by atoms with Gasteiger partial charge in [-0.1, -0.05) is 0 Å². The largest absolute Gasteiger partial charge is 0.480 e. The molecule has 0 spiro atoms. The Morgan fingerprint density at radius 3 is 1.94 bits per heavy atom. The number of hydrogen-bond acceptors (Lipinski definition) is 4. The van der Waals surface area contributed by atoms with Gasteiger partial charge in [-0.2, -0.15) is 0 Å². The summed E-state index contributed by atoms with van der Waals surface area (Å²) in [6.07, 6.45) is -0.771. The number of amides is 1. The molecule has 1 amide bonds. The normalized spacial score (nSPS) is 13.9.